The van der Waals surface area contributed by atoms with Crippen molar-refractivity contribution < 1.29 is 23.9 Å². The average molecular weight is 516 g/mol. The second-order valence-electron chi connectivity index (χ2n) is 12.3. The van der Waals surface area contributed by atoms with Gasteiger partial charge in [0.25, 0.3) is 5.91 Å². The summed E-state index contributed by atoms with van der Waals surface area (Å²) in [6.07, 6.45) is 9.43. The quantitative estimate of drug-likeness (QED) is 0.437. The molecule has 10 nitrogen and oxygen atoms in total. The summed E-state index contributed by atoms with van der Waals surface area (Å²) in [5.74, 6) is 1.62. The Bertz CT molecular complexity index is 1050. The Balaban J connectivity index is 1.50. The molecule has 4 fully saturated rings. The number of primary amides is 1. The predicted molar refractivity (Wildman–Crippen MR) is 139 cm³/mol. The molecule has 4 aliphatic carbocycles. The zero-order valence-electron chi connectivity index (χ0n) is 22.6. The molecule has 3 amide bonds. The van der Waals surface area contributed by atoms with E-state index in [1.807, 2.05) is 33.8 Å². The Kier molecular flexibility index (Phi) is 7.57. The van der Waals surface area contributed by atoms with Crippen molar-refractivity contribution in [2.45, 2.75) is 78.3 Å². The number of carbonyl (C=O) groups is 3. The van der Waals surface area contributed by atoms with Crippen LogP contribution in [0.1, 0.15) is 77.1 Å². The molecule has 0 aromatic carbocycles. The highest BCUT2D eigenvalue weighted by atomic mass is 16.5. The number of aromatic nitrogens is 2. The van der Waals surface area contributed by atoms with E-state index in [9.17, 15) is 14.4 Å². The number of rotatable bonds is 10. The SMILES string of the molecule is CC(=O)NC(C)(C)/C=C/n1ncc(C(=O)N[C@H]2C3CC4CC2C[C@](COC(N)=O)(C4)C3)c1OCC(C)C. The lowest BCUT2D eigenvalue weighted by molar-refractivity contribution is -0.120. The Morgan fingerprint density at radius 3 is 2.51 bits per heavy atom. The number of amides is 3. The average Bonchev–Trinajstić information content (AvgIpc) is 3.19. The monoisotopic (exact) mass is 515 g/mol. The first-order valence-corrected chi connectivity index (χ1v) is 13.3. The second-order valence-corrected chi connectivity index (χ2v) is 12.3. The van der Waals surface area contributed by atoms with Crippen LogP contribution < -0.4 is 21.1 Å². The van der Waals surface area contributed by atoms with Gasteiger partial charge in [0.15, 0.2) is 0 Å². The van der Waals surface area contributed by atoms with Gasteiger partial charge < -0.3 is 25.8 Å². The van der Waals surface area contributed by atoms with Gasteiger partial charge in [-0.25, -0.2) is 9.48 Å². The van der Waals surface area contributed by atoms with Gasteiger partial charge in [-0.05, 0) is 75.7 Å². The summed E-state index contributed by atoms with van der Waals surface area (Å²) < 4.78 is 12.8. The minimum atomic E-state index is -0.721. The molecule has 2 atom stereocenters. The highest BCUT2D eigenvalue weighted by Crippen LogP contribution is 2.60. The summed E-state index contributed by atoms with van der Waals surface area (Å²) in [5, 5.41) is 10.6. The molecule has 2 unspecified atom stereocenters. The summed E-state index contributed by atoms with van der Waals surface area (Å²) in [7, 11) is 0. The zero-order chi connectivity index (χ0) is 27.0. The fourth-order valence-electron chi connectivity index (χ4n) is 6.81. The van der Waals surface area contributed by atoms with Crippen molar-refractivity contribution in [3.8, 4) is 5.88 Å². The maximum absolute atomic E-state index is 13.5. The van der Waals surface area contributed by atoms with Gasteiger partial charge in [0, 0.05) is 24.6 Å². The van der Waals surface area contributed by atoms with Crippen LogP contribution >= 0.6 is 0 Å². The third-order valence-corrected chi connectivity index (χ3v) is 7.90. The Morgan fingerprint density at radius 2 is 1.92 bits per heavy atom. The number of carbonyl (C=O) groups excluding carboxylic acids is 3. The molecule has 1 heterocycles. The van der Waals surface area contributed by atoms with Gasteiger partial charge in [0.1, 0.15) is 5.56 Å². The van der Waals surface area contributed by atoms with Crippen LogP contribution in [0.4, 0.5) is 4.79 Å². The van der Waals surface area contributed by atoms with Gasteiger partial charge in [-0.1, -0.05) is 13.8 Å². The first kappa shape index (κ1) is 27.0. The van der Waals surface area contributed by atoms with Gasteiger partial charge in [-0.2, -0.15) is 5.10 Å². The van der Waals surface area contributed by atoms with Crippen LogP contribution in [0.2, 0.25) is 0 Å². The van der Waals surface area contributed by atoms with Gasteiger partial charge in [-0.15, -0.1) is 0 Å². The summed E-state index contributed by atoms with van der Waals surface area (Å²) in [6.45, 7) is 10.1. The van der Waals surface area contributed by atoms with E-state index in [0.717, 1.165) is 32.1 Å². The van der Waals surface area contributed by atoms with E-state index in [2.05, 4.69) is 15.7 Å². The highest BCUT2D eigenvalue weighted by molar-refractivity contribution is 5.96. The molecule has 4 saturated carbocycles. The lowest BCUT2D eigenvalue weighted by atomic mass is 9.48. The fourth-order valence-corrected chi connectivity index (χ4v) is 6.81. The summed E-state index contributed by atoms with van der Waals surface area (Å²) >= 11 is 0. The van der Waals surface area contributed by atoms with Gasteiger partial charge in [0.05, 0.1) is 24.9 Å². The van der Waals surface area contributed by atoms with Crippen LogP contribution in [0.15, 0.2) is 12.3 Å². The van der Waals surface area contributed by atoms with Gasteiger partial charge in [0.2, 0.25) is 11.8 Å². The van der Waals surface area contributed by atoms with Crippen molar-refractivity contribution in [2.75, 3.05) is 13.2 Å². The third-order valence-electron chi connectivity index (χ3n) is 7.90. The van der Waals surface area contributed by atoms with Crippen molar-refractivity contribution >= 4 is 24.1 Å². The Labute approximate surface area is 218 Å². The third kappa shape index (κ3) is 6.27. The van der Waals surface area contributed by atoms with Crippen LogP contribution in [0.25, 0.3) is 6.20 Å². The van der Waals surface area contributed by atoms with E-state index >= 15 is 0 Å². The largest absolute Gasteiger partial charge is 0.477 e. The number of nitrogens with zero attached hydrogens (tertiary/aromatic N) is 2. The Morgan fingerprint density at radius 1 is 1.24 bits per heavy atom. The van der Waals surface area contributed by atoms with E-state index in [1.54, 1.807) is 17.1 Å². The molecule has 4 bridgehead atoms. The van der Waals surface area contributed by atoms with Crippen molar-refractivity contribution in [3.05, 3.63) is 17.8 Å². The zero-order valence-corrected chi connectivity index (χ0v) is 22.6. The second kappa shape index (κ2) is 10.4. The molecule has 1 aromatic heterocycles. The molecule has 1 aromatic rings. The molecule has 4 aliphatic rings. The van der Waals surface area contributed by atoms with Crippen molar-refractivity contribution in [2.24, 2.45) is 34.8 Å². The van der Waals surface area contributed by atoms with Crippen LogP contribution in [-0.2, 0) is 9.53 Å². The van der Waals surface area contributed by atoms with E-state index < -0.39 is 11.6 Å². The molecule has 37 heavy (non-hydrogen) atoms. The number of nitrogens with two attached hydrogens (primary N) is 1. The summed E-state index contributed by atoms with van der Waals surface area (Å²) in [4.78, 5) is 36.3. The lowest BCUT2D eigenvalue weighted by Crippen LogP contribution is -2.60. The predicted octanol–water partition coefficient (Wildman–Crippen LogP) is 3.32. The first-order chi connectivity index (χ1) is 17.4. The minimum Gasteiger partial charge on any atom is -0.477 e. The molecule has 0 saturated heterocycles. The Hall–Kier alpha value is -3.04. The van der Waals surface area contributed by atoms with E-state index in [0.29, 0.717) is 42.4 Å². The lowest BCUT2D eigenvalue weighted by Gasteiger charge is -2.59. The normalized spacial score (nSPS) is 28.5. The fraction of sp³-hybridized carbons (Fsp3) is 0.704. The molecular weight excluding hydrogens is 474 g/mol. The number of hydrogen-bond acceptors (Lipinski definition) is 6. The van der Waals surface area contributed by atoms with Crippen molar-refractivity contribution in [1.29, 1.82) is 0 Å². The van der Waals surface area contributed by atoms with Crippen LogP contribution in [-0.4, -0.2) is 52.5 Å². The van der Waals surface area contributed by atoms with E-state index in [4.69, 9.17) is 15.2 Å². The number of ether oxygens (including phenoxy) is 2. The highest BCUT2D eigenvalue weighted by Gasteiger charge is 2.56. The number of nitrogens with one attached hydrogen (secondary N) is 2. The molecule has 5 rings (SSSR count). The summed E-state index contributed by atoms with van der Waals surface area (Å²) in [6, 6.07) is 0.0706. The van der Waals surface area contributed by atoms with Crippen molar-refractivity contribution in [1.82, 2.24) is 20.4 Å². The number of hydrogen-bond donors (Lipinski definition) is 3. The van der Waals surface area contributed by atoms with Crippen LogP contribution in [0.3, 0.4) is 0 Å². The van der Waals surface area contributed by atoms with Gasteiger partial charge >= 0.3 is 6.09 Å². The van der Waals surface area contributed by atoms with Crippen LogP contribution in [0, 0.1) is 29.1 Å². The standard InChI is InChI=1S/C27H41N5O5/c1-16(2)14-36-24-21(13-29-32(24)7-6-26(4,5)31-17(3)33)23(34)30-22-19-8-18-9-20(22)12-27(10-18,11-19)15-37-25(28)35/h6-7,13,16,18-20,22H,8-12,14-15H2,1-5H3,(H2,28,35)(H,30,34)(H,31,33)/b7-6+/t18?,19?,20?,22-,27-. The van der Waals surface area contributed by atoms with Crippen molar-refractivity contribution in [3.63, 3.8) is 0 Å². The molecular formula is C27H41N5O5. The first-order valence-electron chi connectivity index (χ1n) is 13.3. The minimum absolute atomic E-state index is 0.0192. The molecule has 0 spiro atoms. The maximum Gasteiger partial charge on any atom is 0.404 e. The van der Waals surface area contributed by atoms with E-state index in [1.165, 1.54) is 6.92 Å². The molecule has 4 N–H and O–H groups in total. The van der Waals surface area contributed by atoms with Gasteiger partial charge in [-0.3, -0.25) is 9.59 Å². The summed E-state index contributed by atoms with van der Waals surface area (Å²) in [5.41, 5.74) is 5.02. The molecule has 0 radical (unpaired) electrons. The molecule has 10 heteroatoms. The topological polar surface area (TPSA) is 138 Å². The maximum atomic E-state index is 13.5. The molecule has 204 valence electrons. The molecule has 0 aliphatic heterocycles. The van der Waals surface area contributed by atoms with Crippen LogP contribution in [0.5, 0.6) is 5.88 Å². The smallest absolute Gasteiger partial charge is 0.404 e. The van der Waals surface area contributed by atoms with E-state index in [-0.39, 0.29) is 29.2 Å².